The highest BCUT2D eigenvalue weighted by Crippen LogP contribution is 2.21. The summed E-state index contributed by atoms with van der Waals surface area (Å²) in [6, 6.07) is 4.86. The number of rotatable bonds is 3. The number of pyridine rings is 1. The number of ether oxygens (including phenoxy) is 2. The highest BCUT2D eigenvalue weighted by Gasteiger charge is 2.28. The molecule has 0 saturated heterocycles. The first-order valence-corrected chi connectivity index (χ1v) is 7.50. The van der Waals surface area contributed by atoms with Crippen LogP contribution >= 0.6 is 0 Å². The van der Waals surface area contributed by atoms with Gasteiger partial charge in [-0.1, -0.05) is 0 Å². The average Bonchev–Trinajstić information content (AvgIpc) is 2.35. The van der Waals surface area contributed by atoms with Crippen LogP contribution in [0.3, 0.4) is 0 Å². The van der Waals surface area contributed by atoms with Crippen molar-refractivity contribution in [1.29, 1.82) is 5.26 Å². The quantitative estimate of drug-likeness (QED) is 0.851. The van der Waals surface area contributed by atoms with Gasteiger partial charge in [-0.15, -0.1) is 0 Å². The van der Waals surface area contributed by atoms with Gasteiger partial charge in [-0.05, 0) is 53.7 Å². The van der Waals surface area contributed by atoms with Crippen LogP contribution < -0.4 is 5.32 Å². The Balaban J connectivity index is 2.92. The van der Waals surface area contributed by atoms with E-state index in [4.69, 9.17) is 9.47 Å². The number of amides is 1. The van der Waals surface area contributed by atoms with Gasteiger partial charge in [0.25, 0.3) is 0 Å². The lowest BCUT2D eigenvalue weighted by Gasteiger charge is -2.21. The van der Waals surface area contributed by atoms with Crippen molar-refractivity contribution >= 4 is 17.7 Å². The van der Waals surface area contributed by atoms with E-state index in [9.17, 15) is 14.9 Å². The lowest BCUT2D eigenvalue weighted by atomic mass is 10.1. The van der Waals surface area contributed by atoms with Crippen molar-refractivity contribution in [2.45, 2.75) is 58.7 Å². The van der Waals surface area contributed by atoms with E-state index in [2.05, 4.69) is 10.3 Å². The van der Waals surface area contributed by atoms with Crippen LogP contribution in [0, 0.1) is 11.3 Å². The number of anilines is 1. The van der Waals surface area contributed by atoms with Crippen molar-refractivity contribution in [1.82, 2.24) is 4.98 Å². The van der Waals surface area contributed by atoms with E-state index in [0.717, 1.165) is 0 Å². The van der Waals surface area contributed by atoms with Crippen LogP contribution in [-0.2, 0) is 14.3 Å². The Morgan fingerprint density at radius 2 is 1.75 bits per heavy atom. The zero-order valence-electron chi connectivity index (χ0n) is 14.8. The van der Waals surface area contributed by atoms with Gasteiger partial charge in [0.2, 0.25) is 0 Å². The first-order valence-electron chi connectivity index (χ1n) is 7.50. The molecular formula is C17H23N3O4. The van der Waals surface area contributed by atoms with E-state index in [1.165, 1.54) is 18.3 Å². The molecule has 7 nitrogen and oxygen atoms in total. The predicted molar refractivity (Wildman–Crippen MR) is 88.3 cm³/mol. The largest absolute Gasteiger partial charge is 0.459 e. The summed E-state index contributed by atoms with van der Waals surface area (Å²) >= 11 is 0. The van der Waals surface area contributed by atoms with Crippen LogP contribution in [0.5, 0.6) is 0 Å². The Kier molecular flexibility index (Phi) is 5.91. The molecule has 0 spiro atoms. The summed E-state index contributed by atoms with van der Waals surface area (Å²) in [5, 5.41) is 11.8. The molecule has 0 radical (unpaired) electrons. The van der Waals surface area contributed by atoms with Gasteiger partial charge in [-0.2, -0.15) is 5.26 Å². The standard InChI is InChI=1S/C17H23N3O4/c1-16(2,3)23-14(21)12(10-18)13-9-11(7-8-19-13)20-15(22)24-17(4,5)6/h7-9,12H,1-6H3,(H,19,20,22)/t12-/m1/s1. The van der Waals surface area contributed by atoms with Crippen molar-refractivity contribution in [3.05, 3.63) is 24.0 Å². The second-order valence-electron chi connectivity index (χ2n) is 7.19. The molecule has 7 heteroatoms. The molecule has 0 aliphatic heterocycles. The van der Waals surface area contributed by atoms with E-state index in [1.54, 1.807) is 41.5 Å². The first-order chi connectivity index (χ1) is 10.9. The van der Waals surface area contributed by atoms with Gasteiger partial charge >= 0.3 is 12.1 Å². The van der Waals surface area contributed by atoms with Crippen LogP contribution in [0.15, 0.2) is 18.3 Å². The van der Waals surface area contributed by atoms with Crippen LogP contribution in [0.2, 0.25) is 0 Å². The minimum atomic E-state index is -1.18. The third kappa shape index (κ3) is 6.65. The van der Waals surface area contributed by atoms with Gasteiger partial charge < -0.3 is 9.47 Å². The third-order valence-electron chi connectivity index (χ3n) is 2.49. The summed E-state index contributed by atoms with van der Waals surface area (Å²) in [5.41, 5.74) is -0.775. The number of hydrogen-bond acceptors (Lipinski definition) is 6. The number of carbonyl (C=O) groups excluding carboxylic acids is 2. The Morgan fingerprint density at radius 1 is 1.17 bits per heavy atom. The average molecular weight is 333 g/mol. The summed E-state index contributed by atoms with van der Waals surface area (Å²) in [7, 11) is 0. The van der Waals surface area contributed by atoms with Crippen LogP contribution in [0.4, 0.5) is 10.5 Å². The van der Waals surface area contributed by atoms with E-state index in [-0.39, 0.29) is 5.69 Å². The SMILES string of the molecule is CC(C)(C)OC(=O)Nc1ccnc([C@@H](C#N)C(=O)OC(C)(C)C)c1. The summed E-state index contributed by atoms with van der Waals surface area (Å²) in [6.45, 7) is 10.4. The van der Waals surface area contributed by atoms with Crippen molar-refractivity contribution in [2.24, 2.45) is 0 Å². The van der Waals surface area contributed by atoms with Gasteiger partial charge in [0.15, 0.2) is 5.92 Å². The Morgan fingerprint density at radius 3 is 2.25 bits per heavy atom. The molecule has 1 aromatic rings. The smallest absolute Gasteiger partial charge is 0.412 e. The van der Waals surface area contributed by atoms with Crippen LogP contribution in [0.1, 0.15) is 53.2 Å². The van der Waals surface area contributed by atoms with Crippen molar-refractivity contribution in [3.8, 4) is 6.07 Å². The molecule has 1 atom stereocenters. The molecule has 1 heterocycles. The Labute approximate surface area is 142 Å². The lowest BCUT2D eigenvalue weighted by Crippen LogP contribution is -2.28. The fourth-order valence-electron chi connectivity index (χ4n) is 1.71. The normalized spacial score (nSPS) is 12.7. The van der Waals surface area contributed by atoms with Gasteiger partial charge in [-0.25, -0.2) is 4.79 Å². The second-order valence-corrected chi connectivity index (χ2v) is 7.19. The molecular weight excluding hydrogens is 310 g/mol. The summed E-state index contributed by atoms with van der Waals surface area (Å²) in [4.78, 5) is 27.9. The minimum absolute atomic E-state index is 0.195. The summed E-state index contributed by atoms with van der Waals surface area (Å²) in [6.07, 6.45) is 0.766. The number of aromatic nitrogens is 1. The minimum Gasteiger partial charge on any atom is -0.459 e. The first kappa shape index (κ1) is 19.4. The van der Waals surface area contributed by atoms with Gasteiger partial charge in [0, 0.05) is 11.9 Å². The molecule has 0 aromatic carbocycles. The highest BCUT2D eigenvalue weighted by molar-refractivity contribution is 5.86. The van der Waals surface area contributed by atoms with Crippen molar-refractivity contribution < 1.29 is 19.1 Å². The fourth-order valence-corrected chi connectivity index (χ4v) is 1.71. The zero-order valence-corrected chi connectivity index (χ0v) is 14.8. The molecule has 1 aromatic heterocycles. The zero-order chi connectivity index (χ0) is 18.5. The topological polar surface area (TPSA) is 101 Å². The van der Waals surface area contributed by atoms with E-state index >= 15 is 0 Å². The number of nitriles is 1. The van der Waals surface area contributed by atoms with Crippen LogP contribution in [0.25, 0.3) is 0 Å². The number of nitrogens with one attached hydrogen (secondary N) is 1. The highest BCUT2D eigenvalue weighted by atomic mass is 16.6. The van der Waals surface area contributed by atoms with E-state index < -0.39 is 29.2 Å². The number of carbonyl (C=O) groups is 2. The van der Waals surface area contributed by atoms with Crippen molar-refractivity contribution in [2.75, 3.05) is 5.32 Å². The second kappa shape index (κ2) is 7.30. The number of esters is 1. The third-order valence-corrected chi connectivity index (χ3v) is 2.49. The van der Waals surface area contributed by atoms with Crippen molar-refractivity contribution in [3.63, 3.8) is 0 Å². The molecule has 0 saturated carbocycles. The van der Waals surface area contributed by atoms with Gasteiger partial charge in [0.1, 0.15) is 11.2 Å². The maximum Gasteiger partial charge on any atom is 0.412 e. The molecule has 130 valence electrons. The molecule has 1 N–H and O–H groups in total. The Hall–Kier alpha value is -2.62. The van der Waals surface area contributed by atoms with E-state index in [1.807, 2.05) is 6.07 Å². The molecule has 1 amide bonds. The lowest BCUT2D eigenvalue weighted by molar-refractivity contribution is -0.155. The maximum absolute atomic E-state index is 12.1. The molecule has 0 unspecified atom stereocenters. The maximum atomic E-state index is 12.1. The molecule has 0 bridgehead atoms. The monoisotopic (exact) mass is 333 g/mol. The fraction of sp³-hybridized carbons (Fsp3) is 0.529. The number of hydrogen-bond donors (Lipinski definition) is 1. The summed E-state index contributed by atoms with van der Waals surface area (Å²) < 4.78 is 10.4. The molecule has 0 aliphatic rings. The molecule has 0 fully saturated rings. The Bertz CT molecular complexity index is 651. The predicted octanol–water partition coefficient (Wildman–Crippen LogP) is 3.38. The van der Waals surface area contributed by atoms with E-state index in [0.29, 0.717) is 5.69 Å². The van der Waals surface area contributed by atoms with Gasteiger partial charge in [-0.3, -0.25) is 15.1 Å². The molecule has 0 aliphatic carbocycles. The van der Waals surface area contributed by atoms with Crippen LogP contribution in [-0.4, -0.2) is 28.2 Å². The van der Waals surface area contributed by atoms with Gasteiger partial charge in [0.05, 0.1) is 11.8 Å². The number of nitrogens with zero attached hydrogens (tertiary/aromatic N) is 2. The molecule has 24 heavy (non-hydrogen) atoms. The molecule has 1 rings (SSSR count). The summed E-state index contributed by atoms with van der Waals surface area (Å²) in [5.74, 6) is -1.86.